The van der Waals surface area contributed by atoms with Crippen molar-refractivity contribution in [1.82, 2.24) is 0 Å². The van der Waals surface area contributed by atoms with E-state index in [2.05, 4.69) is 0 Å². The summed E-state index contributed by atoms with van der Waals surface area (Å²) in [7, 11) is 3.49. The molecule has 0 aliphatic carbocycles. The fourth-order valence-electron chi connectivity index (χ4n) is 2.68. The molecule has 0 fully saturated rings. The molecule has 0 amide bonds. The monoisotopic (exact) mass is 403 g/mol. The molecule has 0 saturated carbocycles. The number of anilines is 1. The molecule has 2 aromatic carbocycles. The Morgan fingerprint density at radius 1 is 0.793 bits per heavy atom. The second-order valence-corrected chi connectivity index (χ2v) is 6.34. The quantitative estimate of drug-likeness (QED) is 0.432. The fraction of sp³-hybridized carbons (Fsp3) is 0.143. The van der Waals surface area contributed by atoms with Crippen molar-refractivity contribution < 1.29 is 22.0 Å². The van der Waals surface area contributed by atoms with E-state index in [0.29, 0.717) is 17.3 Å². The first kappa shape index (κ1) is 20.2. The SMILES string of the molecule is CN(C)c1ccc2c(C(F)(F)F)cc(=O)oc2c1.O=c1ccc2ccccc2o1. The van der Waals surface area contributed by atoms with Gasteiger partial charge in [0.1, 0.15) is 11.2 Å². The van der Waals surface area contributed by atoms with Gasteiger partial charge in [-0.25, -0.2) is 9.59 Å². The molecule has 29 heavy (non-hydrogen) atoms. The maximum absolute atomic E-state index is 12.8. The van der Waals surface area contributed by atoms with E-state index in [9.17, 15) is 22.8 Å². The number of benzene rings is 2. The third-order valence-electron chi connectivity index (χ3n) is 4.08. The molecule has 0 aliphatic heterocycles. The highest BCUT2D eigenvalue weighted by atomic mass is 19.4. The first-order valence-corrected chi connectivity index (χ1v) is 8.46. The Labute approximate surface area is 162 Å². The van der Waals surface area contributed by atoms with Crippen LogP contribution >= 0.6 is 0 Å². The van der Waals surface area contributed by atoms with Crippen LogP contribution in [0.2, 0.25) is 0 Å². The average Bonchev–Trinajstić information content (AvgIpc) is 2.66. The zero-order chi connectivity index (χ0) is 21.2. The minimum atomic E-state index is -4.58. The lowest BCUT2D eigenvalue weighted by molar-refractivity contribution is -0.136. The molecule has 8 heteroatoms. The number of halogens is 3. The van der Waals surface area contributed by atoms with Crippen molar-refractivity contribution in [2.45, 2.75) is 6.18 Å². The van der Waals surface area contributed by atoms with Gasteiger partial charge in [0.2, 0.25) is 0 Å². The zero-order valence-electron chi connectivity index (χ0n) is 15.5. The number of hydrogen-bond donors (Lipinski definition) is 0. The second-order valence-electron chi connectivity index (χ2n) is 6.34. The second kappa shape index (κ2) is 7.83. The smallest absolute Gasteiger partial charge is 0.417 e. The van der Waals surface area contributed by atoms with Crippen LogP contribution in [0.4, 0.5) is 18.9 Å². The topological polar surface area (TPSA) is 63.7 Å². The summed E-state index contributed by atoms with van der Waals surface area (Å²) < 4.78 is 48.0. The maximum atomic E-state index is 12.8. The summed E-state index contributed by atoms with van der Waals surface area (Å²) in [5.41, 5.74) is -1.06. The molecule has 4 rings (SSSR count). The van der Waals surface area contributed by atoms with Crippen molar-refractivity contribution in [3.05, 3.63) is 87.1 Å². The number of hydrogen-bond acceptors (Lipinski definition) is 5. The first-order chi connectivity index (χ1) is 13.6. The van der Waals surface area contributed by atoms with Gasteiger partial charge in [0, 0.05) is 48.8 Å². The maximum Gasteiger partial charge on any atom is 0.417 e. The molecule has 0 spiro atoms. The Kier molecular flexibility index (Phi) is 5.45. The summed E-state index contributed by atoms with van der Waals surface area (Å²) >= 11 is 0. The molecule has 0 atom stereocenters. The van der Waals surface area contributed by atoms with Crippen LogP contribution < -0.4 is 16.2 Å². The minimum Gasteiger partial charge on any atom is -0.423 e. The number of fused-ring (bicyclic) bond motifs is 2. The summed E-state index contributed by atoms with van der Waals surface area (Å²) in [6, 6.07) is 15.3. The van der Waals surface area contributed by atoms with Gasteiger partial charge in [-0.15, -0.1) is 0 Å². The molecule has 0 bridgehead atoms. The van der Waals surface area contributed by atoms with Gasteiger partial charge in [0.15, 0.2) is 0 Å². The third kappa shape index (κ3) is 4.66. The number of para-hydroxylation sites is 1. The number of nitrogens with zero attached hydrogens (tertiary/aromatic N) is 1. The molecule has 0 N–H and O–H groups in total. The van der Waals surface area contributed by atoms with E-state index < -0.39 is 17.4 Å². The lowest BCUT2D eigenvalue weighted by Crippen LogP contribution is -2.12. The van der Waals surface area contributed by atoms with Crippen molar-refractivity contribution in [2.75, 3.05) is 19.0 Å². The van der Waals surface area contributed by atoms with Crippen molar-refractivity contribution in [3.63, 3.8) is 0 Å². The van der Waals surface area contributed by atoms with E-state index in [1.807, 2.05) is 18.2 Å². The Balaban J connectivity index is 0.000000186. The van der Waals surface area contributed by atoms with E-state index in [0.717, 1.165) is 5.39 Å². The van der Waals surface area contributed by atoms with Crippen LogP contribution in [0, 0.1) is 0 Å². The van der Waals surface area contributed by atoms with Gasteiger partial charge in [-0.1, -0.05) is 18.2 Å². The predicted molar refractivity (Wildman–Crippen MR) is 104 cm³/mol. The summed E-state index contributed by atoms with van der Waals surface area (Å²) in [6.45, 7) is 0. The summed E-state index contributed by atoms with van der Waals surface area (Å²) in [6.07, 6.45) is -4.58. The third-order valence-corrected chi connectivity index (χ3v) is 4.08. The summed E-state index contributed by atoms with van der Waals surface area (Å²) in [4.78, 5) is 23.6. The van der Waals surface area contributed by atoms with E-state index >= 15 is 0 Å². The molecular formula is C21H16F3NO4. The van der Waals surface area contributed by atoms with Gasteiger partial charge in [-0.2, -0.15) is 13.2 Å². The molecule has 0 saturated heterocycles. The Bertz CT molecular complexity index is 1270. The van der Waals surface area contributed by atoms with Crippen LogP contribution in [-0.4, -0.2) is 14.1 Å². The van der Waals surface area contributed by atoms with Gasteiger partial charge in [0.25, 0.3) is 0 Å². The molecule has 5 nitrogen and oxygen atoms in total. The Morgan fingerprint density at radius 2 is 1.48 bits per heavy atom. The summed E-state index contributed by atoms with van der Waals surface area (Å²) in [5, 5.41) is 0.833. The molecule has 150 valence electrons. The van der Waals surface area contributed by atoms with Gasteiger partial charge < -0.3 is 13.7 Å². The van der Waals surface area contributed by atoms with Crippen LogP contribution in [0.5, 0.6) is 0 Å². The summed E-state index contributed by atoms with van der Waals surface area (Å²) in [5.74, 6) is 0. The Hall–Kier alpha value is -3.55. The van der Waals surface area contributed by atoms with Gasteiger partial charge in [-0.05, 0) is 24.3 Å². The van der Waals surface area contributed by atoms with Crippen LogP contribution in [0.25, 0.3) is 21.9 Å². The average molecular weight is 403 g/mol. The zero-order valence-corrected chi connectivity index (χ0v) is 15.5. The molecule has 0 aliphatic rings. The van der Waals surface area contributed by atoms with Crippen LogP contribution in [0.1, 0.15) is 5.56 Å². The Morgan fingerprint density at radius 3 is 2.17 bits per heavy atom. The van der Waals surface area contributed by atoms with Crippen LogP contribution in [0.15, 0.2) is 79.1 Å². The molecule has 2 aromatic heterocycles. The molecule has 0 radical (unpaired) electrons. The highest BCUT2D eigenvalue weighted by molar-refractivity contribution is 5.84. The highest BCUT2D eigenvalue weighted by Gasteiger charge is 2.33. The molecule has 2 heterocycles. The van der Waals surface area contributed by atoms with Crippen molar-refractivity contribution >= 4 is 27.6 Å². The van der Waals surface area contributed by atoms with E-state index in [1.165, 1.54) is 24.3 Å². The van der Waals surface area contributed by atoms with E-state index in [-0.39, 0.29) is 16.6 Å². The van der Waals surface area contributed by atoms with E-state index in [1.54, 1.807) is 31.1 Å². The van der Waals surface area contributed by atoms with Gasteiger partial charge in [0.05, 0.1) is 5.56 Å². The molecule has 4 aromatic rings. The lowest BCUT2D eigenvalue weighted by Gasteiger charge is -2.14. The highest BCUT2D eigenvalue weighted by Crippen LogP contribution is 2.34. The van der Waals surface area contributed by atoms with E-state index in [4.69, 9.17) is 8.83 Å². The van der Waals surface area contributed by atoms with Gasteiger partial charge in [-0.3, -0.25) is 0 Å². The molecular weight excluding hydrogens is 387 g/mol. The van der Waals surface area contributed by atoms with Crippen molar-refractivity contribution in [2.24, 2.45) is 0 Å². The first-order valence-electron chi connectivity index (χ1n) is 8.46. The largest absolute Gasteiger partial charge is 0.423 e. The van der Waals surface area contributed by atoms with Crippen LogP contribution in [-0.2, 0) is 6.18 Å². The standard InChI is InChI=1S/C12H10F3NO2.C9H6O2/c1-16(2)7-3-4-8-9(12(13,14)15)6-11(17)18-10(8)5-7;10-9-6-5-7-3-1-2-4-8(7)11-9/h3-6H,1-2H3;1-6H. The normalized spacial score (nSPS) is 11.2. The predicted octanol–water partition coefficient (Wildman–Crippen LogP) is 4.67. The number of alkyl halides is 3. The lowest BCUT2D eigenvalue weighted by atomic mass is 10.1. The van der Waals surface area contributed by atoms with Crippen molar-refractivity contribution in [3.8, 4) is 0 Å². The fourth-order valence-corrected chi connectivity index (χ4v) is 2.68. The molecule has 0 unspecified atom stereocenters. The minimum absolute atomic E-state index is 0.0685. The van der Waals surface area contributed by atoms with Crippen molar-refractivity contribution in [1.29, 1.82) is 0 Å². The van der Waals surface area contributed by atoms with Crippen LogP contribution in [0.3, 0.4) is 0 Å². The van der Waals surface area contributed by atoms with Gasteiger partial charge >= 0.3 is 17.4 Å². The number of rotatable bonds is 1.